The number of esters is 1. The zero-order valence-corrected chi connectivity index (χ0v) is 22.5. The van der Waals surface area contributed by atoms with Gasteiger partial charge in [-0.3, -0.25) is 19.5 Å². The molecular formula is C23H18BrClN4O5S2. The number of fused-ring (bicyclic) bond motifs is 1. The molecule has 0 saturated heterocycles. The SMILES string of the molecule is COC(=O)C(Cc1ccc(Br)s1)NC(=O)c1ccc(Cl)cc1NS(=O)(=O)c1cccc2nccnc12. The van der Waals surface area contributed by atoms with E-state index in [0.717, 1.165) is 8.66 Å². The molecule has 36 heavy (non-hydrogen) atoms. The molecule has 4 rings (SSSR count). The number of nitrogens with one attached hydrogen (secondary N) is 2. The molecule has 2 aromatic carbocycles. The fourth-order valence-corrected chi connectivity index (χ4v) is 6.35. The van der Waals surface area contributed by atoms with Gasteiger partial charge in [-0.2, -0.15) is 0 Å². The van der Waals surface area contributed by atoms with Gasteiger partial charge in [0, 0.05) is 28.7 Å². The first-order valence-electron chi connectivity index (χ1n) is 10.3. The van der Waals surface area contributed by atoms with Crippen molar-refractivity contribution in [3.05, 3.63) is 80.2 Å². The molecule has 2 aromatic heterocycles. The van der Waals surface area contributed by atoms with Crippen molar-refractivity contribution >= 4 is 77.5 Å². The summed E-state index contributed by atoms with van der Waals surface area (Å²) in [4.78, 5) is 34.6. The number of benzene rings is 2. The van der Waals surface area contributed by atoms with Gasteiger partial charge in [0.05, 0.1) is 27.7 Å². The number of methoxy groups -OCH3 is 1. The van der Waals surface area contributed by atoms with Crippen LogP contribution < -0.4 is 10.0 Å². The Morgan fingerprint density at radius 3 is 2.64 bits per heavy atom. The molecule has 0 saturated carbocycles. The molecule has 4 aromatic rings. The van der Waals surface area contributed by atoms with E-state index in [1.54, 1.807) is 12.1 Å². The molecule has 13 heteroatoms. The fourth-order valence-electron chi connectivity index (χ4n) is 3.42. The zero-order valence-electron chi connectivity index (χ0n) is 18.6. The number of amides is 1. The van der Waals surface area contributed by atoms with Crippen LogP contribution in [0.5, 0.6) is 0 Å². The maximum atomic E-state index is 13.3. The summed E-state index contributed by atoms with van der Waals surface area (Å²) in [6.45, 7) is 0. The Kier molecular flexibility index (Phi) is 7.88. The molecule has 0 aliphatic carbocycles. The fraction of sp³-hybridized carbons (Fsp3) is 0.130. The molecular weight excluding hydrogens is 592 g/mol. The predicted octanol–water partition coefficient (Wildman–Crippen LogP) is 4.42. The number of carbonyl (C=O) groups is 2. The molecule has 0 fully saturated rings. The number of carbonyl (C=O) groups excluding carboxylic acids is 2. The van der Waals surface area contributed by atoms with Crippen LogP contribution in [0, 0.1) is 0 Å². The summed E-state index contributed by atoms with van der Waals surface area (Å²) < 4.78 is 34.7. The van der Waals surface area contributed by atoms with Crippen LogP contribution in [-0.4, -0.2) is 43.4 Å². The Hall–Kier alpha value is -3.06. The lowest BCUT2D eigenvalue weighted by molar-refractivity contribution is -0.142. The predicted molar refractivity (Wildman–Crippen MR) is 141 cm³/mol. The standard InChI is InChI=1S/C23H18BrClN4O5S2/c1-34-23(31)18(12-14-6-8-20(24)35-14)28-22(30)15-7-5-13(25)11-17(15)29-36(32,33)19-4-2-3-16-21(19)27-10-9-26-16/h2-11,18,29H,12H2,1H3,(H,28,30). The molecule has 0 bridgehead atoms. The summed E-state index contributed by atoms with van der Waals surface area (Å²) >= 11 is 10.9. The number of para-hydroxylation sites is 1. The van der Waals surface area contributed by atoms with Crippen molar-refractivity contribution in [1.82, 2.24) is 15.3 Å². The van der Waals surface area contributed by atoms with E-state index in [4.69, 9.17) is 16.3 Å². The molecule has 2 N–H and O–H groups in total. The topological polar surface area (TPSA) is 127 Å². The molecule has 1 unspecified atom stereocenters. The van der Waals surface area contributed by atoms with Crippen molar-refractivity contribution in [2.75, 3.05) is 11.8 Å². The van der Waals surface area contributed by atoms with Gasteiger partial charge in [0.25, 0.3) is 15.9 Å². The van der Waals surface area contributed by atoms with Crippen molar-refractivity contribution in [3.8, 4) is 0 Å². The summed E-state index contributed by atoms with van der Waals surface area (Å²) in [5.41, 5.74) is 0.470. The smallest absolute Gasteiger partial charge is 0.328 e. The quantitative estimate of drug-likeness (QED) is 0.283. The molecule has 0 spiro atoms. The molecule has 1 amide bonds. The number of hydrogen-bond acceptors (Lipinski definition) is 8. The molecule has 2 heterocycles. The van der Waals surface area contributed by atoms with E-state index in [-0.39, 0.29) is 33.1 Å². The van der Waals surface area contributed by atoms with E-state index in [0.29, 0.717) is 5.52 Å². The summed E-state index contributed by atoms with van der Waals surface area (Å²) in [6, 6.07) is 11.4. The Morgan fingerprint density at radius 1 is 1.14 bits per heavy atom. The summed E-state index contributed by atoms with van der Waals surface area (Å²) in [5, 5.41) is 2.84. The van der Waals surface area contributed by atoms with E-state index >= 15 is 0 Å². The maximum absolute atomic E-state index is 13.3. The van der Waals surface area contributed by atoms with Crippen molar-refractivity contribution in [2.45, 2.75) is 17.4 Å². The highest BCUT2D eigenvalue weighted by Crippen LogP contribution is 2.27. The number of hydrogen-bond donors (Lipinski definition) is 2. The number of rotatable bonds is 8. The minimum absolute atomic E-state index is 0.0319. The van der Waals surface area contributed by atoms with Crippen LogP contribution in [0.25, 0.3) is 11.0 Å². The van der Waals surface area contributed by atoms with E-state index in [1.807, 2.05) is 12.1 Å². The average Bonchev–Trinajstić information content (AvgIpc) is 3.26. The Labute approximate surface area is 224 Å². The van der Waals surface area contributed by atoms with Gasteiger partial charge in [0.1, 0.15) is 16.5 Å². The monoisotopic (exact) mass is 608 g/mol. The molecule has 0 radical (unpaired) electrons. The molecule has 1 atom stereocenters. The lowest BCUT2D eigenvalue weighted by Crippen LogP contribution is -2.43. The minimum Gasteiger partial charge on any atom is -0.467 e. The van der Waals surface area contributed by atoms with Gasteiger partial charge < -0.3 is 10.1 Å². The summed E-state index contributed by atoms with van der Waals surface area (Å²) in [7, 11) is -2.97. The first kappa shape index (κ1) is 26.0. The Morgan fingerprint density at radius 2 is 1.92 bits per heavy atom. The molecule has 0 aliphatic rings. The number of sulfonamides is 1. The second-order valence-corrected chi connectivity index (χ2v) is 12.1. The van der Waals surface area contributed by atoms with Gasteiger partial charge >= 0.3 is 5.97 Å². The number of halogens is 2. The largest absolute Gasteiger partial charge is 0.467 e. The average molecular weight is 610 g/mol. The molecule has 9 nitrogen and oxygen atoms in total. The maximum Gasteiger partial charge on any atom is 0.328 e. The van der Waals surface area contributed by atoms with E-state index < -0.39 is 27.9 Å². The normalized spacial score (nSPS) is 12.2. The summed E-state index contributed by atoms with van der Waals surface area (Å²) in [5.74, 6) is -1.33. The Balaban J connectivity index is 1.65. The van der Waals surface area contributed by atoms with Crippen LogP contribution in [-0.2, 0) is 26.0 Å². The second kappa shape index (κ2) is 10.9. The minimum atomic E-state index is -4.19. The van der Waals surface area contributed by atoms with Gasteiger partial charge in [0.2, 0.25) is 0 Å². The second-order valence-electron chi connectivity index (χ2n) is 7.43. The van der Waals surface area contributed by atoms with Crippen molar-refractivity contribution < 1.29 is 22.7 Å². The zero-order chi connectivity index (χ0) is 25.9. The summed E-state index contributed by atoms with van der Waals surface area (Å²) in [6.07, 6.45) is 3.04. The third-order valence-electron chi connectivity index (χ3n) is 5.05. The van der Waals surface area contributed by atoms with Gasteiger partial charge in [-0.1, -0.05) is 17.7 Å². The highest BCUT2D eigenvalue weighted by atomic mass is 79.9. The van der Waals surface area contributed by atoms with Crippen LogP contribution in [0.15, 0.2) is 69.6 Å². The first-order chi connectivity index (χ1) is 17.2. The van der Waals surface area contributed by atoms with Crippen molar-refractivity contribution in [2.24, 2.45) is 0 Å². The number of anilines is 1. The lowest BCUT2D eigenvalue weighted by atomic mass is 10.1. The molecule has 0 aliphatic heterocycles. The van der Waals surface area contributed by atoms with Crippen LogP contribution in [0.1, 0.15) is 15.2 Å². The lowest BCUT2D eigenvalue weighted by Gasteiger charge is -2.18. The number of aromatic nitrogens is 2. The van der Waals surface area contributed by atoms with Crippen LogP contribution in [0.4, 0.5) is 5.69 Å². The van der Waals surface area contributed by atoms with Gasteiger partial charge in [-0.25, -0.2) is 13.2 Å². The Bertz CT molecular complexity index is 1560. The van der Waals surface area contributed by atoms with Crippen LogP contribution in [0.2, 0.25) is 5.02 Å². The van der Waals surface area contributed by atoms with Gasteiger partial charge in [-0.05, 0) is 58.4 Å². The van der Waals surface area contributed by atoms with E-state index in [9.17, 15) is 18.0 Å². The number of thiophene rings is 1. The highest BCUT2D eigenvalue weighted by molar-refractivity contribution is 9.11. The van der Waals surface area contributed by atoms with Crippen molar-refractivity contribution in [1.29, 1.82) is 0 Å². The van der Waals surface area contributed by atoms with Crippen LogP contribution >= 0.6 is 38.9 Å². The van der Waals surface area contributed by atoms with Gasteiger partial charge in [0.15, 0.2) is 0 Å². The number of nitrogens with zero attached hydrogens (tertiary/aromatic N) is 2. The van der Waals surface area contributed by atoms with Crippen LogP contribution in [0.3, 0.4) is 0 Å². The third-order valence-corrected chi connectivity index (χ3v) is 8.33. The van der Waals surface area contributed by atoms with Gasteiger partial charge in [-0.15, -0.1) is 11.3 Å². The first-order valence-corrected chi connectivity index (χ1v) is 13.8. The van der Waals surface area contributed by atoms with E-state index in [1.165, 1.54) is 55.1 Å². The number of ether oxygens (including phenoxy) is 1. The highest BCUT2D eigenvalue weighted by Gasteiger charge is 2.26. The van der Waals surface area contributed by atoms with E-state index in [2.05, 4.69) is 35.9 Å². The molecule has 186 valence electrons. The van der Waals surface area contributed by atoms with Crippen molar-refractivity contribution in [3.63, 3.8) is 0 Å². The third kappa shape index (κ3) is 5.84.